The van der Waals surface area contributed by atoms with E-state index >= 15 is 0 Å². The van der Waals surface area contributed by atoms with Gasteiger partial charge in [0.05, 0.1) is 5.41 Å². The quantitative estimate of drug-likeness (QED) is 0.703. The van der Waals surface area contributed by atoms with E-state index in [2.05, 4.69) is 10.3 Å². The van der Waals surface area contributed by atoms with Crippen LogP contribution in [0.2, 0.25) is 0 Å². The van der Waals surface area contributed by atoms with Gasteiger partial charge in [-0.2, -0.15) is 0 Å². The molecule has 1 atom stereocenters. The maximum atomic E-state index is 13.0. The van der Waals surface area contributed by atoms with Crippen molar-refractivity contribution in [3.63, 3.8) is 0 Å². The molecule has 128 valence electrons. The van der Waals surface area contributed by atoms with Crippen molar-refractivity contribution in [1.29, 1.82) is 0 Å². The number of hydrogen-bond acceptors (Lipinski definition) is 4. The average molecular weight is 352 g/mol. The molecule has 0 spiro atoms. The number of thiazole rings is 1. The molecule has 1 amide bonds. The molecule has 0 radical (unpaired) electrons. The number of aromatic hydroxyl groups is 1. The third-order valence-corrected chi connectivity index (χ3v) is 4.98. The fourth-order valence-corrected chi connectivity index (χ4v) is 3.57. The molecule has 5 heteroatoms. The number of rotatable bonds is 5. The molecule has 0 fully saturated rings. The van der Waals surface area contributed by atoms with Crippen LogP contribution in [0.5, 0.6) is 5.75 Å². The highest BCUT2D eigenvalue weighted by Crippen LogP contribution is 2.42. The van der Waals surface area contributed by atoms with E-state index in [1.165, 1.54) is 11.3 Å². The Morgan fingerprint density at radius 2 is 1.84 bits per heavy atom. The number of carbonyl (C=O) groups is 1. The minimum Gasteiger partial charge on any atom is -0.508 e. The van der Waals surface area contributed by atoms with Gasteiger partial charge in [0.25, 0.3) is 0 Å². The summed E-state index contributed by atoms with van der Waals surface area (Å²) in [6, 6.07) is 17.0. The van der Waals surface area contributed by atoms with Gasteiger partial charge in [-0.3, -0.25) is 4.79 Å². The second-order valence-electron chi connectivity index (χ2n) is 6.45. The fraction of sp³-hybridized carbons (Fsp3) is 0.200. The number of phenolic OH excluding ortho intramolecular Hbond substituents is 1. The van der Waals surface area contributed by atoms with E-state index in [4.69, 9.17) is 0 Å². The third-order valence-electron chi connectivity index (χ3n) is 4.30. The summed E-state index contributed by atoms with van der Waals surface area (Å²) >= 11 is 1.39. The Balaban J connectivity index is 2.02. The van der Waals surface area contributed by atoms with E-state index in [9.17, 15) is 9.90 Å². The van der Waals surface area contributed by atoms with Gasteiger partial charge in [-0.15, -0.1) is 11.3 Å². The van der Waals surface area contributed by atoms with Crippen molar-refractivity contribution in [3.8, 4) is 5.75 Å². The molecular formula is C20H20N2O2S. The van der Waals surface area contributed by atoms with Crippen LogP contribution in [0.25, 0.3) is 0 Å². The zero-order valence-corrected chi connectivity index (χ0v) is 15.0. The molecule has 2 N–H and O–H groups in total. The molecule has 0 aliphatic heterocycles. The largest absolute Gasteiger partial charge is 0.508 e. The van der Waals surface area contributed by atoms with Crippen LogP contribution in [0, 0.1) is 5.41 Å². The topological polar surface area (TPSA) is 62.2 Å². The predicted molar refractivity (Wildman–Crippen MR) is 101 cm³/mol. The lowest BCUT2D eigenvalue weighted by Gasteiger charge is -2.33. The van der Waals surface area contributed by atoms with Crippen molar-refractivity contribution in [2.24, 2.45) is 5.41 Å². The van der Waals surface area contributed by atoms with Crippen LogP contribution in [0.4, 0.5) is 5.13 Å². The lowest BCUT2D eigenvalue weighted by atomic mass is 9.70. The summed E-state index contributed by atoms with van der Waals surface area (Å²) in [6.07, 6.45) is 1.66. The van der Waals surface area contributed by atoms with Gasteiger partial charge < -0.3 is 10.4 Å². The fourth-order valence-electron chi connectivity index (χ4n) is 3.05. The van der Waals surface area contributed by atoms with E-state index in [0.29, 0.717) is 5.13 Å². The summed E-state index contributed by atoms with van der Waals surface area (Å²) in [5, 5.41) is 15.2. The molecule has 0 aliphatic carbocycles. The Morgan fingerprint density at radius 1 is 1.12 bits per heavy atom. The van der Waals surface area contributed by atoms with Gasteiger partial charge in [-0.05, 0) is 23.3 Å². The van der Waals surface area contributed by atoms with Gasteiger partial charge in [0.1, 0.15) is 5.75 Å². The molecule has 0 saturated heterocycles. The molecule has 4 nitrogen and oxygen atoms in total. The second kappa shape index (κ2) is 7.07. The third kappa shape index (κ3) is 3.72. The first-order valence-electron chi connectivity index (χ1n) is 8.03. The summed E-state index contributed by atoms with van der Waals surface area (Å²) in [7, 11) is 0. The minimum atomic E-state index is -0.749. The normalized spacial score (nSPS) is 12.6. The van der Waals surface area contributed by atoms with Crippen molar-refractivity contribution in [2.45, 2.75) is 19.8 Å². The first-order valence-corrected chi connectivity index (χ1v) is 8.91. The van der Waals surface area contributed by atoms with Crippen LogP contribution < -0.4 is 5.32 Å². The standard InChI is InChI=1S/C20H20N2O2S/c1-20(2,18(24)22-19-21-11-12-25-19)17(14-7-4-3-5-8-14)15-9-6-10-16(23)13-15/h3-13,17,23H,1-2H3,(H,21,22,24). The molecule has 25 heavy (non-hydrogen) atoms. The van der Waals surface area contributed by atoms with Crippen LogP contribution in [0.1, 0.15) is 30.9 Å². The Kier molecular flexibility index (Phi) is 4.86. The zero-order chi connectivity index (χ0) is 17.9. The first kappa shape index (κ1) is 17.2. The summed E-state index contributed by atoms with van der Waals surface area (Å²) < 4.78 is 0. The van der Waals surface area contributed by atoms with E-state index < -0.39 is 5.41 Å². The van der Waals surface area contributed by atoms with Crippen molar-refractivity contribution in [3.05, 3.63) is 77.3 Å². The summed E-state index contributed by atoms with van der Waals surface area (Å²) in [4.78, 5) is 17.1. The van der Waals surface area contributed by atoms with E-state index in [-0.39, 0.29) is 17.6 Å². The van der Waals surface area contributed by atoms with E-state index in [1.54, 1.807) is 24.4 Å². The highest BCUT2D eigenvalue weighted by molar-refractivity contribution is 7.13. The highest BCUT2D eigenvalue weighted by Gasteiger charge is 2.39. The molecule has 1 unspecified atom stereocenters. The van der Waals surface area contributed by atoms with Crippen LogP contribution in [-0.2, 0) is 4.79 Å². The Hall–Kier alpha value is -2.66. The number of phenols is 1. The number of nitrogens with zero attached hydrogens (tertiary/aromatic N) is 1. The molecule has 0 aliphatic rings. The monoisotopic (exact) mass is 352 g/mol. The van der Waals surface area contributed by atoms with Gasteiger partial charge in [0.2, 0.25) is 5.91 Å². The van der Waals surface area contributed by atoms with Gasteiger partial charge in [0, 0.05) is 17.5 Å². The maximum absolute atomic E-state index is 13.0. The molecule has 1 aromatic heterocycles. The molecule has 3 aromatic rings. The van der Waals surface area contributed by atoms with Crippen molar-refractivity contribution >= 4 is 22.4 Å². The Bertz CT molecular complexity index is 845. The average Bonchev–Trinajstić information content (AvgIpc) is 3.09. The molecule has 2 aromatic carbocycles. The molecule has 0 saturated carbocycles. The molecular weight excluding hydrogens is 332 g/mol. The Labute approximate surface area is 151 Å². The predicted octanol–water partition coefficient (Wildman–Crippen LogP) is 4.65. The second-order valence-corrected chi connectivity index (χ2v) is 7.35. The first-order chi connectivity index (χ1) is 12.0. The summed E-state index contributed by atoms with van der Waals surface area (Å²) in [5.74, 6) is -0.130. The number of carbonyl (C=O) groups excluding carboxylic acids is 1. The number of aromatic nitrogens is 1. The van der Waals surface area contributed by atoms with Crippen molar-refractivity contribution in [2.75, 3.05) is 5.32 Å². The van der Waals surface area contributed by atoms with Crippen LogP contribution >= 0.6 is 11.3 Å². The lowest BCUT2D eigenvalue weighted by molar-refractivity contribution is -0.124. The maximum Gasteiger partial charge on any atom is 0.232 e. The van der Waals surface area contributed by atoms with Gasteiger partial charge in [-0.25, -0.2) is 4.98 Å². The van der Waals surface area contributed by atoms with E-state index in [1.807, 2.05) is 55.6 Å². The van der Waals surface area contributed by atoms with Gasteiger partial charge in [-0.1, -0.05) is 56.3 Å². The number of amides is 1. The van der Waals surface area contributed by atoms with Crippen LogP contribution in [0.15, 0.2) is 66.2 Å². The molecule has 0 bridgehead atoms. The number of benzene rings is 2. The van der Waals surface area contributed by atoms with Gasteiger partial charge >= 0.3 is 0 Å². The number of anilines is 1. The SMILES string of the molecule is CC(C)(C(=O)Nc1nccs1)C(c1ccccc1)c1cccc(O)c1. The smallest absolute Gasteiger partial charge is 0.232 e. The Morgan fingerprint density at radius 3 is 2.48 bits per heavy atom. The minimum absolute atomic E-state index is 0.111. The summed E-state index contributed by atoms with van der Waals surface area (Å²) in [6.45, 7) is 3.83. The zero-order valence-electron chi connectivity index (χ0n) is 14.1. The van der Waals surface area contributed by atoms with Crippen molar-refractivity contribution < 1.29 is 9.90 Å². The summed E-state index contributed by atoms with van der Waals surface area (Å²) in [5.41, 5.74) is 1.17. The van der Waals surface area contributed by atoms with Crippen LogP contribution in [0.3, 0.4) is 0 Å². The number of hydrogen-bond donors (Lipinski definition) is 2. The van der Waals surface area contributed by atoms with E-state index in [0.717, 1.165) is 11.1 Å². The van der Waals surface area contributed by atoms with Crippen LogP contribution in [-0.4, -0.2) is 16.0 Å². The van der Waals surface area contributed by atoms with Gasteiger partial charge in [0.15, 0.2) is 5.13 Å². The molecule has 3 rings (SSSR count). The van der Waals surface area contributed by atoms with Crippen molar-refractivity contribution in [1.82, 2.24) is 4.98 Å². The number of nitrogens with one attached hydrogen (secondary N) is 1. The lowest BCUT2D eigenvalue weighted by Crippen LogP contribution is -2.37. The molecule has 1 heterocycles. The highest BCUT2D eigenvalue weighted by atomic mass is 32.1.